The van der Waals surface area contributed by atoms with Crippen molar-refractivity contribution in [2.75, 3.05) is 5.32 Å². The summed E-state index contributed by atoms with van der Waals surface area (Å²) in [4.78, 5) is 15.6. The molecular formula is C19H19FN2O. The number of amides is 1. The van der Waals surface area contributed by atoms with E-state index in [0.717, 1.165) is 39.0 Å². The number of hydrogen-bond acceptors (Lipinski definition) is 1. The Bertz CT molecular complexity index is 896. The molecule has 118 valence electrons. The Kier molecular flexibility index (Phi) is 3.90. The first kappa shape index (κ1) is 15.3. The molecule has 2 aromatic carbocycles. The maximum absolute atomic E-state index is 13.5. The van der Waals surface area contributed by atoms with Crippen LogP contribution in [0, 0.1) is 26.6 Å². The normalized spacial score (nSPS) is 11.0. The van der Waals surface area contributed by atoms with Crippen LogP contribution in [0.1, 0.15) is 22.4 Å². The number of benzene rings is 2. The minimum atomic E-state index is -0.299. The van der Waals surface area contributed by atoms with Gasteiger partial charge < -0.3 is 10.3 Å². The summed E-state index contributed by atoms with van der Waals surface area (Å²) in [6.45, 7) is 5.88. The smallest absolute Gasteiger partial charge is 0.228 e. The van der Waals surface area contributed by atoms with Crippen molar-refractivity contribution >= 4 is 22.5 Å². The van der Waals surface area contributed by atoms with Gasteiger partial charge in [-0.3, -0.25) is 4.79 Å². The van der Waals surface area contributed by atoms with Gasteiger partial charge in [0.2, 0.25) is 5.91 Å². The molecule has 4 heteroatoms. The van der Waals surface area contributed by atoms with Gasteiger partial charge in [0, 0.05) is 22.3 Å². The highest BCUT2D eigenvalue weighted by molar-refractivity contribution is 5.96. The van der Waals surface area contributed by atoms with Crippen molar-refractivity contribution in [3.05, 3.63) is 64.6 Å². The highest BCUT2D eigenvalue weighted by Gasteiger charge is 2.14. The van der Waals surface area contributed by atoms with E-state index in [1.165, 1.54) is 12.1 Å². The summed E-state index contributed by atoms with van der Waals surface area (Å²) in [7, 11) is 0. The van der Waals surface area contributed by atoms with Crippen molar-refractivity contribution in [3.63, 3.8) is 0 Å². The summed E-state index contributed by atoms with van der Waals surface area (Å²) in [5.74, 6) is -0.405. The third kappa shape index (κ3) is 3.11. The van der Waals surface area contributed by atoms with Gasteiger partial charge in [-0.1, -0.05) is 17.7 Å². The predicted octanol–water partition coefficient (Wildman–Crippen LogP) is 4.41. The minimum Gasteiger partial charge on any atom is -0.358 e. The number of aromatic nitrogens is 1. The Labute approximate surface area is 134 Å². The molecule has 1 aromatic heterocycles. The van der Waals surface area contributed by atoms with Crippen molar-refractivity contribution in [2.45, 2.75) is 27.2 Å². The summed E-state index contributed by atoms with van der Waals surface area (Å²) < 4.78 is 13.5. The molecule has 0 radical (unpaired) electrons. The van der Waals surface area contributed by atoms with E-state index in [-0.39, 0.29) is 18.1 Å². The second kappa shape index (κ2) is 5.88. The van der Waals surface area contributed by atoms with E-state index in [4.69, 9.17) is 0 Å². The van der Waals surface area contributed by atoms with E-state index in [1.54, 1.807) is 6.07 Å². The number of rotatable bonds is 3. The average molecular weight is 310 g/mol. The van der Waals surface area contributed by atoms with Gasteiger partial charge in [-0.05, 0) is 56.2 Å². The van der Waals surface area contributed by atoms with Crippen molar-refractivity contribution in [1.29, 1.82) is 0 Å². The fraction of sp³-hybridized carbons (Fsp3) is 0.211. The number of nitrogens with one attached hydrogen (secondary N) is 2. The van der Waals surface area contributed by atoms with Crippen LogP contribution in [0.2, 0.25) is 0 Å². The lowest BCUT2D eigenvalue weighted by Crippen LogP contribution is -2.15. The lowest BCUT2D eigenvalue weighted by atomic mass is 10.1. The summed E-state index contributed by atoms with van der Waals surface area (Å²) in [5.41, 5.74) is 5.56. The molecule has 0 aliphatic rings. The number of anilines is 1. The average Bonchev–Trinajstić information content (AvgIpc) is 2.78. The van der Waals surface area contributed by atoms with E-state index < -0.39 is 0 Å². The largest absolute Gasteiger partial charge is 0.358 e. The second-order valence-electron chi connectivity index (χ2n) is 5.96. The maximum atomic E-state index is 13.5. The van der Waals surface area contributed by atoms with Crippen LogP contribution in [0.4, 0.5) is 10.1 Å². The van der Waals surface area contributed by atoms with Crippen LogP contribution in [0.5, 0.6) is 0 Å². The Hall–Kier alpha value is -2.62. The summed E-state index contributed by atoms with van der Waals surface area (Å²) in [5, 5.41) is 3.70. The van der Waals surface area contributed by atoms with Gasteiger partial charge in [0.25, 0.3) is 0 Å². The molecule has 0 aliphatic carbocycles. The van der Waals surface area contributed by atoms with Gasteiger partial charge in [-0.15, -0.1) is 0 Å². The van der Waals surface area contributed by atoms with Crippen LogP contribution < -0.4 is 5.32 Å². The van der Waals surface area contributed by atoms with E-state index in [9.17, 15) is 9.18 Å². The van der Waals surface area contributed by atoms with Gasteiger partial charge in [-0.2, -0.15) is 0 Å². The SMILES string of the molecule is Cc1ccc(NC(=O)Cc2c(C)[nH]c3ccc(F)cc23)c(C)c1. The fourth-order valence-electron chi connectivity index (χ4n) is 2.89. The standard InChI is InChI=1S/C19H19FN2O/c1-11-4-6-17(12(2)8-11)22-19(23)10-15-13(3)21-18-7-5-14(20)9-16(15)18/h4-9,21H,10H2,1-3H3,(H,22,23). The first-order chi connectivity index (χ1) is 10.9. The van der Waals surface area contributed by atoms with Crippen molar-refractivity contribution < 1.29 is 9.18 Å². The molecule has 1 amide bonds. The fourth-order valence-corrected chi connectivity index (χ4v) is 2.89. The van der Waals surface area contributed by atoms with Crippen LogP contribution in [-0.4, -0.2) is 10.9 Å². The molecule has 0 fully saturated rings. The summed E-state index contributed by atoms with van der Waals surface area (Å²) >= 11 is 0. The van der Waals surface area contributed by atoms with Crippen LogP contribution in [0.25, 0.3) is 10.9 Å². The zero-order chi connectivity index (χ0) is 16.6. The van der Waals surface area contributed by atoms with Gasteiger partial charge in [0.05, 0.1) is 6.42 Å². The number of fused-ring (bicyclic) bond motifs is 1. The minimum absolute atomic E-state index is 0.106. The second-order valence-corrected chi connectivity index (χ2v) is 5.96. The lowest BCUT2D eigenvalue weighted by molar-refractivity contribution is -0.115. The number of aryl methyl sites for hydroxylation is 3. The summed E-state index contributed by atoms with van der Waals surface area (Å²) in [6.07, 6.45) is 0.211. The molecule has 3 nitrogen and oxygen atoms in total. The number of hydrogen-bond donors (Lipinski definition) is 2. The molecular weight excluding hydrogens is 291 g/mol. The van der Waals surface area contributed by atoms with E-state index in [0.29, 0.717) is 0 Å². The molecule has 0 unspecified atom stereocenters. The Morgan fingerprint density at radius 3 is 2.65 bits per heavy atom. The Balaban J connectivity index is 1.85. The van der Waals surface area contributed by atoms with Gasteiger partial charge >= 0.3 is 0 Å². The van der Waals surface area contributed by atoms with E-state index in [1.807, 2.05) is 39.0 Å². The third-order valence-electron chi connectivity index (χ3n) is 4.07. The number of carbonyl (C=O) groups is 1. The molecule has 1 heterocycles. The lowest BCUT2D eigenvalue weighted by Gasteiger charge is -2.09. The van der Waals surface area contributed by atoms with Crippen LogP contribution in [0.15, 0.2) is 36.4 Å². The molecule has 3 aromatic rings. The van der Waals surface area contributed by atoms with Gasteiger partial charge in [-0.25, -0.2) is 4.39 Å². The van der Waals surface area contributed by atoms with E-state index >= 15 is 0 Å². The Morgan fingerprint density at radius 1 is 1.13 bits per heavy atom. The van der Waals surface area contributed by atoms with Crippen LogP contribution in [-0.2, 0) is 11.2 Å². The molecule has 2 N–H and O–H groups in total. The zero-order valence-electron chi connectivity index (χ0n) is 13.5. The van der Waals surface area contributed by atoms with Crippen LogP contribution >= 0.6 is 0 Å². The quantitative estimate of drug-likeness (QED) is 0.739. The summed E-state index contributed by atoms with van der Waals surface area (Å²) in [6, 6.07) is 10.5. The highest BCUT2D eigenvalue weighted by atomic mass is 19.1. The maximum Gasteiger partial charge on any atom is 0.228 e. The molecule has 0 bridgehead atoms. The molecule has 0 saturated carbocycles. The van der Waals surface area contributed by atoms with Crippen molar-refractivity contribution in [2.24, 2.45) is 0 Å². The Morgan fingerprint density at radius 2 is 1.91 bits per heavy atom. The molecule has 0 saturated heterocycles. The van der Waals surface area contributed by atoms with Crippen LogP contribution in [0.3, 0.4) is 0 Å². The molecule has 0 aliphatic heterocycles. The number of aromatic amines is 1. The zero-order valence-corrected chi connectivity index (χ0v) is 13.5. The highest BCUT2D eigenvalue weighted by Crippen LogP contribution is 2.24. The molecule has 3 rings (SSSR count). The van der Waals surface area contributed by atoms with Crippen molar-refractivity contribution in [3.8, 4) is 0 Å². The number of H-pyrrole nitrogens is 1. The number of halogens is 1. The third-order valence-corrected chi connectivity index (χ3v) is 4.07. The first-order valence-electron chi connectivity index (χ1n) is 7.58. The first-order valence-corrected chi connectivity index (χ1v) is 7.58. The topological polar surface area (TPSA) is 44.9 Å². The van der Waals surface area contributed by atoms with E-state index in [2.05, 4.69) is 10.3 Å². The monoisotopic (exact) mass is 310 g/mol. The number of carbonyl (C=O) groups excluding carboxylic acids is 1. The van der Waals surface area contributed by atoms with Gasteiger partial charge in [0.1, 0.15) is 5.82 Å². The molecule has 23 heavy (non-hydrogen) atoms. The van der Waals surface area contributed by atoms with Crippen molar-refractivity contribution in [1.82, 2.24) is 4.98 Å². The molecule has 0 atom stereocenters. The van der Waals surface area contributed by atoms with Gasteiger partial charge in [0.15, 0.2) is 0 Å². The predicted molar refractivity (Wildman–Crippen MR) is 91.2 cm³/mol. The molecule has 0 spiro atoms.